The molecule has 0 aliphatic rings. The third kappa shape index (κ3) is 5.04. The first-order valence-electron chi connectivity index (χ1n) is 6.18. The number of carbonyl (C=O) groups excluding carboxylic acids is 1. The number of hydrogen-bond donors (Lipinski definition) is 3. The topological polar surface area (TPSA) is 61.4 Å². The van der Waals surface area contributed by atoms with Crippen LogP contribution in [0.3, 0.4) is 0 Å². The standard InChI is InChI=1S/C13H18ClFN2O2/c1-2-3-6-16-13(19)17-12(8-18)9-4-5-10(14)11(15)7-9/h4-5,7,12,18H,2-3,6,8H2,1H3,(H2,16,17,19). The van der Waals surface area contributed by atoms with Crippen LogP contribution in [-0.4, -0.2) is 24.3 Å². The molecule has 1 aromatic carbocycles. The Kier molecular flexibility index (Phi) is 6.59. The number of benzene rings is 1. The van der Waals surface area contributed by atoms with Crippen molar-refractivity contribution < 1.29 is 14.3 Å². The monoisotopic (exact) mass is 288 g/mol. The van der Waals surface area contributed by atoms with E-state index in [1.165, 1.54) is 12.1 Å². The molecule has 0 saturated carbocycles. The van der Waals surface area contributed by atoms with E-state index in [0.29, 0.717) is 12.1 Å². The lowest BCUT2D eigenvalue weighted by Gasteiger charge is -2.17. The van der Waals surface area contributed by atoms with Gasteiger partial charge in [0.15, 0.2) is 0 Å². The van der Waals surface area contributed by atoms with Crippen LogP contribution < -0.4 is 10.6 Å². The third-order valence-corrected chi connectivity index (χ3v) is 2.96. The molecule has 0 spiro atoms. The van der Waals surface area contributed by atoms with E-state index in [-0.39, 0.29) is 17.7 Å². The highest BCUT2D eigenvalue weighted by Gasteiger charge is 2.14. The average molecular weight is 289 g/mol. The van der Waals surface area contributed by atoms with Crippen molar-refractivity contribution in [3.05, 3.63) is 34.6 Å². The molecule has 0 bridgehead atoms. The predicted molar refractivity (Wildman–Crippen MR) is 72.7 cm³/mol. The van der Waals surface area contributed by atoms with Crippen molar-refractivity contribution >= 4 is 17.6 Å². The zero-order valence-corrected chi connectivity index (χ0v) is 11.5. The molecule has 4 nitrogen and oxygen atoms in total. The van der Waals surface area contributed by atoms with E-state index in [1.807, 2.05) is 6.92 Å². The summed E-state index contributed by atoms with van der Waals surface area (Å²) >= 11 is 5.58. The Morgan fingerprint density at radius 3 is 2.84 bits per heavy atom. The number of hydrogen-bond acceptors (Lipinski definition) is 2. The lowest BCUT2D eigenvalue weighted by atomic mass is 10.1. The van der Waals surface area contributed by atoms with Gasteiger partial charge in [-0.05, 0) is 24.1 Å². The number of unbranched alkanes of at least 4 members (excludes halogenated alkanes) is 1. The summed E-state index contributed by atoms with van der Waals surface area (Å²) in [5, 5.41) is 14.5. The zero-order valence-electron chi connectivity index (χ0n) is 10.7. The van der Waals surface area contributed by atoms with Gasteiger partial charge in [-0.3, -0.25) is 0 Å². The van der Waals surface area contributed by atoms with Crippen LogP contribution >= 0.6 is 11.6 Å². The molecular formula is C13H18ClFN2O2. The molecule has 0 aromatic heterocycles. The summed E-state index contributed by atoms with van der Waals surface area (Å²) < 4.78 is 13.3. The molecule has 1 aromatic rings. The first-order valence-corrected chi connectivity index (χ1v) is 6.56. The number of aliphatic hydroxyl groups excluding tert-OH is 1. The van der Waals surface area contributed by atoms with Crippen molar-refractivity contribution in [2.75, 3.05) is 13.2 Å². The Labute approximate surface area is 117 Å². The number of nitrogens with one attached hydrogen (secondary N) is 2. The molecule has 1 rings (SSSR count). The molecule has 0 aliphatic heterocycles. The molecule has 19 heavy (non-hydrogen) atoms. The van der Waals surface area contributed by atoms with E-state index in [4.69, 9.17) is 11.6 Å². The summed E-state index contributed by atoms with van der Waals surface area (Å²) in [6.45, 7) is 2.27. The van der Waals surface area contributed by atoms with Crippen molar-refractivity contribution in [3.8, 4) is 0 Å². The van der Waals surface area contributed by atoms with Gasteiger partial charge in [-0.2, -0.15) is 0 Å². The number of amides is 2. The molecule has 1 atom stereocenters. The molecule has 0 saturated heterocycles. The maximum Gasteiger partial charge on any atom is 0.315 e. The predicted octanol–water partition coefficient (Wildman–Crippen LogP) is 2.61. The molecule has 0 radical (unpaired) electrons. The smallest absolute Gasteiger partial charge is 0.315 e. The number of urea groups is 1. The van der Waals surface area contributed by atoms with E-state index in [0.717, 1.165) is 12.8 Å². The summed E-state index contributed by atoms with van der Waals surface area (Å²) in [6, 6.07) is 3.12. The van der Waals surface area contributed by atoms with Crippen molar-refractivity contribution in [2.45, 2.75) is 25.8 Å². The lowest BCUT2D eigenvalue weighted by molar-refractivity contribution is 0.216. The third-order valence-electron chi connectivity index (χ3n) is 2.65. The number of halogens is 2. The fourth-order valence-corrected chi connectivity index (χ4v) is 1.67. The van der Waals surface area contributed by atoms with Gasteiger partial charge in [-0.25, -0.2) is 9.18 Å². The van der Waals surface area contributed by atoms with Crippen LogP contribution in [0, 0.1) is 5.82 Å². The van der Waals surface area contributed by atoms with Crippen LogP contribution in [-0.2, 0) is 0 Å². The molecule has 1 unspecified atom stereocenters. The maximum atomic E-state index is 13.3. The Morgan fingerprint density at radius 1 is 1.53 bits per heavy atom. The van der Waals surface area contributed by atoms with Crippen molar-refractivity contribution in [3.63, 3.8) is 0 Å². The van der Waals surface area contributed by atoms with E-state index in [2.05, 4.69) is 10.6 Å². The molecule has 0 fully saturated rings. The fraction of sp³-hybridized carbons (Fsp3) is 0.462. The highest BCUT2D eigenvalue weighted by Crippen LogP contribution is 2.20. The second-order valence-corrected chi connectivity index (χ2v) is 4.57. The first kappa shape index (κ1) is 15.7. The van der Waals surface area contributed by atoms with Crippen molar-refractivity contribution in [1.29, 1.82) is 0 Å². The number of aliphatic hydroxyl groups is 1. The highest BCUT2D eigenvalue weighted by molar-refractivity contribution is 6.30. The average Bonchev–Trinajstić information content (AvgIpc) is 2.39. The van der Waals surface area contributed by atoms with Gasteiger partial charge < -0.3 is 15.7 Å². The largest absolute Gasteiger partial charge is 0.394 e. The summed E-state index contributed by atoms with van der Waals surface area (Å²) in [7, 11) is 0. The molecule has 0 heterocycles. The summed E-state index contributed by atoms with van der Waals surface area (Å²) in [5.74, 6) is -0.578. The van der Waals surface area contributed by atoms with Gasteiger partial charge in [0.2, 0.25) is 0 Å². The second kappa shape index (κ2) is 7.96. The van der Waals surface area contributed by atoms with Gasteiger partial charge in [-0.15, -0.1) is 0 Å². The normalized spacial score (nSPS) is 12.0. The number of carbonyl (C=O) groups is 1. The van der Waals surface area contributed by atoms with Gasteiger partial charge in [-0.1, -0.05) is 31.0 Å². The molecule has 3 N–H and O–H groups in total. The van der Waals surface area contributed by atoms with E-state index < -0.39 is 11.9 Å². The first-order chi connectivity index (χ1) is 9.08. The van der Waals surface area contributed by atoms with Crippen LogP contribution in [0.5, 0.6) is 0 Å². The van der Waals surface area contributed by atoms with Crippen molar-refractivity contribution in [1.82, 2.24) is 10.6 Å². The quantitative estimate of drug-likeness (QED) is 0.705. The zero-order chi connectivity index (χ0) is 14.3. The summed E-state index contributed by atoms with van der Waals surface area (Å²) in [6.07, 6.45) is 1.86. The van der Waals surface area contributed by atoms with Crippen LogP contribution in [0.1, 0.15) is 31.4 Å². The van der Waals surface area contributed by atoms with Crippen molar-refractivity contribution in [2.24, 2.45) is 0 Å². The van der Waals surface area contributed by atoms with Crippen LogP contribution in [0.25, 0.3) is 0 Å². The Morgan fingerprint density at radius 2 is 2.26 bits per heavy atom. The molecule has 106 valence electrons. The SMILES string of the molecule is CCCCNC(=O)NC(CO)c1ccc(Cl)c(F)c1. The minimum atomic E-state index is -0.659. The van der Waals surface area contributed by atoms with E-state index in [1.54, 1.807) is 6.07 Å². The van der Waals surface area contributed by atoms with Gasteiger partial charge in [0, 0.05) is 6.54 Å². The van der Waals surface area contributed by atoms with Crippen LogP contribution in [0.2, 0.25) is 5.02 Å². The molecule has 6 heteroatoms. The Balaban J connectivity index is 2.62. The minimum absolute atomic E-state index is 0.00726. The van der Waals surface area contributed by atoms with E-state index >= 15 is 0 Å². The van der Waals surface area contributed by atoms with Gasteiger partial charge in [0.25, 0.3) is 0 Å². The fourth-order valence-electron chi connectivity index (χ4n) is 1.55. The summed E-state index contributed by atoms with van der Waals surface area (Å²) in [4.78, 5) is 11.6. The Bertz CT molecular complexity index is 429. The maximum absolute atomic E-state index is 13.3. The molecule has 0 aliphatic carbocycles. The lowest BCUT2D eigenvalue weighted by Crippen LogP contribution is -2.39. The van der Waals surface area contributed by atoms with E-state index in [9.17, 15) is 14.3 Å². The van der Waals surface area contributed by atoms with Gasteiger partial charge in [0.05, 0.1) is 17.7 Å². The van der Waals surface area contributed by atoms with Gasteiger partial charge in [0.1, 0.15) is 5.82 Å². The van der Waals surface area contributed by atoms with Crippen LogP contribution in [0.15, 0.2) is 18.2 Å². The highest BCUT2D eigenvalue weighted by atomic mass is 35.5. The minimum Gasteiger partial charge on any atom is -0.394 e. The number of rotatable bonds is 6. The second-order valence-electron chi connectivity index (χ2n) is 4.16. The van der Waals surface area contributed by atoms with Crippen LogP contribution in [0.4, 0.5) is 9.18 Å². The summed E-state index contributed by atoms with van der Waals surface area (Å²) in [5.41, 5.74) is 0.468. The molecular weight excluding hydrogens is 271 g/mol. The Hall–Kier alpha value is -1.33. The molecule has 2 amide bonds. The van der Waals surface area contributed by atoms with Gasteiger partial charge >= 0.3 is 6.03 Å².